The zero-order chi connectivity index (χ0) is 16.1. The Bertz CT molecular complexity index is 220. The molecule has 0 aliphatic heterocycles. The van der Waals surface area contributed by atoms with E-state index in [0.29, 0.717) is 5.41 Å². The van der Waals surface area contributed by atoms with Gasteiger partial charge >= 0.3 is 0 Å². The molecule has 1 nitrogen and oxygen atoms in total. The Balaban J connectivity index is 4.29. The van der Waals surface area contributed by atoms with Crippen LogP contribution in [0, 0.1) is 11.3 Å². The van der Waals surface area contributed by atoms with Crippen molar-refractivity contribution in [1.29, 1.82) is 0 Å². The summed E-state index contributed by atoms with van der Waals surface area (Å²) >= 11 is 0. The summed E-state index contributed by atoms with van der Waals surface area (Å²) in [5.41, 5.74) is 0.635. The molecule has 0 saturated heterocycles. The quantitative estimate of drug-likeness (QED) is 0.353. The van der Waals surface area contributed by atoms with Crippen LogP contribution in [0.3, 0.4) is 0 Å². The first-order chi connectivity index (χ1) is 10.1. The summed E-state index contributed by atoms with van der Waals surface area (Å²) in [6, 6.07) is 0. The molecule has 0 heterocycles. The molecule has 0 rings (SSSR count). The minimum atomic E-state index is 0.635. The predicted octanol–water partition coefficient (Wildman–Crippen LogP) is 6.52. The van der Waals surface area contributed by atoms with Crippen molar-refractivity contribution in [3.8, 4) is 0 Å². The van der Waals surface area contributed by atoms with E-state index in [1.54, 1.807) is 0 Å². The van der Waals surface area contributed by atoms with Crippen LogP contribution in [-0.2, 0) is 0 Å². The molecule has 0 aromatic carbocycles. The van der Waals surface area contributed by atoms with Gasteiger partial charge < -0.3 is 4.90 Å². The normalized spacial score (nSPS) is 13.9. The van der Waals surface area contributed by atoms with Crippen molar-refractivity contribution in [2.75, 3.05) is 19.6 Å². The van der Waals surface area contributed by atoms with Crippen LogP contribution >= 0.6 is 0 Å². The van der Waals surface area contributed by atoms with Crippen molar-refractivity contribution in [1.82, 2.24) is 4.90 Å². The van der Waals surface area contributed by atoms with E-state index in [-0.39, 0.29) is 0 Å². The van der Waals surface area contributed by atoms with Gasteiger partial charge in [0, 0.05) is 0 Å². The summed E-state index contributed by atoms with van der Waals surface area (Å²) in [5.74, 6) is 0.935. The van der Waals surface area contributed by atoms with Crippen LogP contribution < -0.4 is 0 Å². The van der Waals surface area contributed by atoms with Crippen molar-refractivity contribution in [3.63, 3.8) is 0 Å². The lowest BCUT2D eigenvalue weighted by molar-refractivity contribution is 0.184. The highest BCUT2D eigenvalue weighted by Crippen LogP contribution is 2.38. The molecule has 0 N–H and O–H groups in total. The van der Waals surface area contributed by atoms with Crippen molar-refractivity contribution >= 4 is 0 Å². The molecule has 0 aromatic rings. The average Bonchev–Trinajstić information content (AvgIpc) is 2.52. The molecule has 128 valence electrons. The second kappa shape index (κ2) is 12.5. The molecule has 21 heavy (non-hydrogen) atoms. The largest absolute Gasteiger partial charge is 0.304 e. The molecular formula is C20H43N. The lowest BCUT2D eigenvalue weighted by atomic mass is 9.73. The topological polar surface area (TPSA) is 3.24 Å². The first-order valence-electron chi connectivity index (χ1n) is 9.83. The number of hydrogen-bond acceptors (Lipinski definition) is 1. The molecular weight excluding hydrogens is 254 g/mol. The van der Waals surface area contributed by atoms with Crippen molar-refractivity contribution < 1.29 is 0 Å². The lowest BCUT2D eigenvalue weighted by Crippen LogP contribution is -2.27. The standard InChI is InChI=1S/C20H43N/c1-7-15-20(10-4,11-5)16-13-19(9-3)14-18-21(12-6)17-8-2/h19H,7-18H2,1-6H3. The second-order valence-electron chi connectivity index (χ2n) is 6.99. The second-order valence-corrected chi connectivity index (χ2v) is 6.99. The van der Waals surface area contributed by atoms with Gasteiger partial charge in [0.25, 0.3) is 0 Å². The number of nitrogens with zero attached hydrogens (tertiary/aromatic N) is 1. The monoisotopic (exact) mass is 297 g/mol. The van der Waals surface area contributed by atoms with Crippen molar-refractivity contribution in [2.45, 2.75) is 99.3 Å². The van der Waals surface area contributed by atoms with Gasteiger partial charge in [-0.1, -0.05) is 67.2 Å². The van der Waals surface area contributed by atoms with E-state index in [9.17, 15) is 0 Å². The molecule has 1 unspecified atom stereocenters. The molecule has 0 fully saturated rings. The van der Waals surface area contributed by atoms with E-state index < -0.39 is 0 Å². The fourth-order valence-corrected chi connectivity index (χ4v) is 3.78. The lowest BCUT2D eigenvalue weighted by Gasteiger charge is -2.33. The van der Waals surface area contributed by atoms with Crippen LogP contribution in [0.1, 0.15) is 99.3 Å². The zero-order valence-electron chi connectivity index (χ0n) is 16.0. The Morgan fingerprint density at radius 2 is 1.43 bits per heavy atom. The van der Waals surface area contributed by atoms with Crippen LogP contribution in [0.5, 0.6) is 0 Å². The molecule has 0 spiro atoms. The third kappa shape index (κ3) is 8.24. The Morgan fingerprint density at radius 1 is 0.762 bits per heavy atom. The first kappa shape index (κ1) is 21.0. The van der Waals surface area contributed by atoms with E-state index in [1.807, 2.05) is 0 Å². The van der Waals surface area contributed by atoms with Gasteiger partial charge in [0.1, 0.15) is 0 Å². The molecule has 0 bridgehead atoms. The summed E-state index contributed by atoms with van der Waals surface area (Å²) in [4.78, 5) is 2.63. The fraction of sp³-hybridized carbons (Fsp3) is 1.00. The smallest absolute Gasteiger partial charge is 0.00162 e. The first-order valence-corrected chi connectivity index (χ1v) is 9.83. The van der Waals surface area contributed by atoms with Gasteiger partial charge in [-0.3, -0.25) is 0 Å². The maximum absolute atomic E-state index is 2.63. The molecule has 1 heteroatoms. The molecule has 1 atom stereocenters. The minimum absolute atomic E-state index is 0.635. The summed E-state index contributed by atoms with van der Waals surface area (Å²) < 4.78 is 0. The predicted molar refractivity (Wildman–Crippen MR) is 98.0 cm³/mol. The van der Waals surface area contributed by atoms with Crippen molar-refractivity contribution in [3.05, 3.63) is 0 Å². The van der Waals surface area contributed by atoms with Gasteiger partial charge in [0.15, 0.2) is 0 Å². The molecule has 0 aliphatic carbocycles. The van der Waals surface area contributed by atoms with E-state index >= 15 is 0 Å². The van der Waals surface area contributed by atoms with Crippen LogP contribution in [0.25, 0.3) is 0 Å². The van der Waals surface area contributed by atoms with Crippen molar-refractivity contribution in [2.24, 2.45) is 11.3 Å². The van der Waals surface area contributed by atoms with Gasteiger partial charge in [-0.05, 0) is 63.1 Å². The molecule has 0 radical (unpaired) electrons. The third-order valence-electron chi connectivity index (χ3n) is 5.78. The summed E-state index contributed by atoms with van der Waals surface area (Å²) in [7, 11) is 0. The summed E-state index contributed by atoms with van der Waals surface area (Å²) in [5, 5.41) is 0. The van der Waals surface area contributed by atoms with E-state index in [0.717, 1.165) is 5.92 Å². The molecule has 0 saturated carbocycles. The van der Waals surface area contributed by atoms with Crippen LogP contribution in [0.15, 0.2) is 0 Å². The third-order valence-corrected chi connectivity index (χ3v) is 5.78. The molecule has 0 aromatic heterocycles. The highest BCUT2D eigenvalue weighted by atomic mass is 15.1. The Hall–Kier alpha value is -0.0400. The van der Waals surface area contributed by atoms with Gasteiger partial charge in [-0.2, -0.15) is 0 Å². The van der Waals surface area contributed by atoms with Crippen LogP contribution in [-0.4, -0.2) is 24.5 Å². The highest BCUT2D eigenvalue weighted by molar-refractivity contribution is 4.77. The van der Waals surface area contributed by atoms with Gasteiger partial charge in [-0.25, -0.2) is 0 Å². The minimum Gasteiger partial charge on any atom is -0.304 e. The Labute approximate surface area is 135 Å². The zero-order valence-corrected chi connectivity index (χ0v) is 16.0. The molecule has 0 aliphatic rings. The van der Waals surface area contributed by atoms with Gasteiger partial charge in [-0.15, -0.1) is 0 Å². The Kier molecular flexibility index (Phi) is 12.5. The summed E-state index contributed by atoms with van der Waals surface area (Å²) in [6.45, 7) is 17.9. The van der Waals surface area contributed by atoms with E-state index in [2.05, 4.69) is 46.4 Å². The highest BCUT2D eigenvalue weighted by Gasteiger charge is 2.25. The Morgan fingerprint density at radius 3 is 1.86 bits per heavy atom. The SMILES string of the molecule is CCCN(CC)CCC(CC)CCC(CC)(CC)CCC. The molecule has 0 amide bonds. The van der Waals surface area contributed by atoms with E-state index in [4.69, 9.17) is 0 Å². The fourth-order valence-electron chi connectivity index (χ4n) is 3.78. The number of rotatable bonds is 14. The average molecular weight is 298 g/mol. The van der Waals surface area contributed by atoms with E-state index in [1.165, 1.54) is 77.4 Å². The van der Waals surface area contributed by atoms with Gasteiger partial charge in [0.05, 0.1) is 0 Å². The van der Waals surface area contributed by atoms with Crippen LogP contribution in [0.4, 0.5) is 0 Å². The van der Waals surface area contributed by atoms with Crippen LogP contribution in [0.2, 0.25) is 0 Å². The van der Waals surface area contributed by atoms with Gasteiger partial charge in [0.2, 0.25) is 0 Å². The maximum atomic E-state index is 2.63. The summed E-state index contributed by atoms with van der Waals surface area (Å²) in [6.07, 6.45) is 12.4. The maximum Gasteiger partial charge on any atom is -0.00162 e. The number of hydrogen-bond donors (Lipinski definition) is 0.